The second kappa shape index (κ2) is 16.1. The molecule has 1 unspecified atom stereocenters. The molecular weight excluding hydrogens is 404 g/mol. The van der Waals surface area contributed by atoms with Crippen molar-refractivity contribution in [1.82, 2.24) is 0 Å². The first kappa shape index (κ1) is 28.4. The van der Waals surface area contributed by atoms with Gasteiger partial charge in [0.2, 0.25) is 0 Å². The summed E-state index contributed by atoms with van der Waals surface area (Å²) in [5.41, 5.74) is 0.801. The first-order valence-electron chi connectivity index (χ1n) is 10.8. The summed E-state index contributed by atoms with van der Waals surface area (Å²) in [4.78, 5) is 23.5. The average molecular weight is 445 g/mol. The van der Waals surface area contributed by atoms with E-state index in [0.717, 1.165) is 18.9 Å². The van der Waals surface area contributed by atoms with Gasteiger partial charge in [-0.1, -0.05) is 13.5 Å². The molecule has 0 aromatic carbocycles. The Labute approximate surface area is 183 Å². The van der Waals surface area contributed by atoms with E-state index in [1.807, 2.05) is 27.3 Å². The molecule has 0 rings (SSSR count). The molecule has 0 saturated heterocycles. The molecule has 0 bridgehead atoms. The van der Waals surface area contributed by atoms with Crippen LogP contribution in [0.2, 0.25) is 12.6 Å². The third kappa shape index (κ3) is 12.8. The maximum atomic E-state index is 12.1. The molecule has 8 heteroatoms. The van der Waals surface area contributed by atoms with Crippen molar-refractivity contribution in [3.63, 3.8) is 0 Å². The highest BCUT2D eigenvalue weighted by Gasteiger charge is 2.30. The molecule has 7 nitrogen and oxygen atoms in total. The van der Waals surface area contributed by atoms with Crippen LogP contribution in [0.15, 0.2) is 24.0 Å². The second-order valence-corrected chi connectivity index (χ2v) is 10.6. The Morgan fingerprint density at radius 3 is 2.07 bits per heavy atom. The number of carbonyl (C=O) groups is 2. The summed E-state index contributed by atoms with van der Waals surface area (Å²) in [5.74, 6) is -0.774. The second-order valence-electron chi connectivity index (χ2n) is 7.26. The van der Waals surface area contributed by atoms with E-state index in [1.165, 1.54) is 6.26 Å². The van der Waals surface area contributed by atoms with Crippen LogP contribution in [0.3, 0.4) is 0 Å². The van der Waals surface area contributed by atoms with Gasteiger partial charge >= 0.3 is 20.5 Å². The predicted molar refractivity (Wildman–Crippen MR) is 119 cm³/mol. The fraction of sp³-hybridized carbons (Fsp3) is 0.727. The first-order valence-corrected chi connectivity index (χ1v) is 13.3. The van der Waals surface area contributed by atoms with Gasteiger partial charge in [0.05, 0.1) is 31.2 Å². The quantitative estimate of drug-likeness (QED) is 0.106. The molecule has 0 amide bonds. The zero-order valence-corrected chi connectivity index (χ0v) is 20.6. The molecular formula is C22H40O7Si. The van der Waals surface area contributed by atoms with Gasteiger partial charge in [0.15, 0.2) is 0 Å². The number of hydrogen-bond acceptors (Lipinski definition) is 7. The highest BCUT2D eigenvalue weighted by molar-refractivity contribution is 6.66. The summed E-state index contributed by atoms with van der Waals surface area (Å²) >= 11 is 0. The molecule has 174 valence electrons. The lowest BCUT2D eigenvalue weighted by Crippen LogP contribution is -2.38. The SMILES string of the molecule is C=C(C)C(=O)OCCCC(CC)OC=C(C)C(=O)OCCC[Si](C)(OCC)OCC. The van der Waals surface area contributed by atoms with Gasteiger partial charge in [-0.15, -0.1) is 0 Å². The lowest BCUT2D eigenvalue weighted by molar-refractivity contribution is -0.140. The van der Waals surface area contributed by atoms with Crippen molar-refractivity contribution in [2.75, 3.05) is 26.4 Å². The van der Waals surface area contributed by atoms with Crippen molar-refractivity contribution in [1.29, 1.82) is 0 Å². The van der Waals surface area contributed by atoms with Crippen molar-refractivity contribution in [2.24, 2.45) is 0 Å². The molecule has 0 aliphatic carbocycles. The van der Waals surface area contributed by atoms with Gasteiger partial charge in [-0.2, -0.15) is 0 Å². The topological polar surface area (TPSA) is 80.3 Å². The Balaban J connectivity index is 4.25. The zero-order chi connectivity index (χ0) is 23.0. The maximum Gasteiger partial charge on any atom is 0.336 e. The van der Waals surface area contributed by atoms with Crippen LogP contribution in [0.4, 0.5) is 0 Å². The summed E-state index contributed by atoms with van der Waals surface area (Å²) in [7, 11) is -2.18. The lowest BCUT2D eigenvalue weighted by Gasteiger charge is -2.25. The largest absolute Gasteiger partial charge is 0.498 e. The molecule has 0 aromatic heterocycles. The molecule has 1 atom stereocenters. The average Bonchev–Trinajstić information content (AvgIpc) is 2.70. The van der Waals surface area contributed by atoms with Crippen LogP contribution in [-0.4, -0.2) is 53.0 Å². The molecule has 0 aliphatic heterocycles. The summed E-state index contributed by atoms with van der Waals surface area (Å²) in [5, 5.41) is 0. The van der Waals surface area contributed by atoms with Crippen LogP contribution in [0.25, 0.3) is 0 Å². The predicted octanol–water partition coefficient (Wildman–Crippen LogP) is 4.66. The van der Waals surface area contributed by atoms with Crippen LogP contribution in [0, 0.1) is 0 Å². The highest BCUT2D eigenvalue weighted by atomic mass is 28.4. The standard InChI is InChI=1S/C22H40O7Si/c1-8-20(13-11-14-25-21(23)18(4)5)27-17-19(6)22(24)26-15-12-16-30(7,28-9-2)29-10-3/h17,20H,4,8-16H2,1-3,5-7H3. The van der Waals surface area contributed by atoms with Gasteiger partial charge < -0.3 is 23.1 Å². The number of carbonyl (C=O) groups excluding carboxylic acids is 2. The number of esters is 2. The van der Waals surface area contributed by atoms with Crippen LogP contribution in [0.1, 0.15) is 60.3 Å². The minimum atomic E-state index is -2.18. The number of rotatable bonds is 17. The molecule has 0 N–H and O–H groups in total. The number of hydrogen-bond donors (Lipinski definition) is 0. The van der Waals surface area contributed by atoms with E-state index in [4.69, 9.17) is 23.1 Å². The highest BCUT2D eigenvalue weighted by Crippen LogP contribution is 2.16. The van der Waals surface area contributed by atoms with Crippen LogP contribution >= 0.6 is 0 Å². The molecule has 0 saturated carbocycles. The third-order valence-corrected chi connectivity index (χ3v) is 7.43. The van der Waals surface area contributed by atoms with E-state index < -0.39 is 14.5 Å². The van der Waals surface area contributed by atoms with Crippen molar-refractivity contribution in [2.45, 2.75) is 79.0 Å². The lowest BCUT2D eigenvalue weighted by atomic mass is 10.1. The molecule has 0 aliphatic rings. The summed E-state index contributed by atoms with van der Waals surface area (Å²) < 4.78 is 27.7. The van der Waals surface area contributed by atoms with Gasteiger partial charge in [-0.05, 0) is 66.0 Å². The fourth-order valence-corrected chi connectivity index (χ4v) is 5.06. The Morgan fingerprint density at radius 2 is 1.53 bits per heavy atom. The molecule has 0 spiro atoms. The minimum absolute atomic E-state index is 0.0552. The van der Waals surface area contributed by atoms with Crippen molar-refractivity contribution in [3.05, 3.63) is 24.0 Å². The Kier molecular flexibility index (Phi) is 15.2. The Hall–Kier alpha value is -1.64. The van der Waals surface area contributed by atoms with E-state index >= 15 is 0 Å². The van der Waals surface area contributed by atoms with Gasteiger partial charge in [-0.3, -0.25) is 0 Å². The monoisotopic (exact) mass is 444 g/mol. The third-order valence-electron chi connectivity index (χ3n) is 4.37. The minimum Gasteiger partial charge on any atom is -0.498 e. The molecule has 30 heavy (non-hydrogen) atoms. The van der Waals surface area contributed by atoms with Gasteiger partial charge in [0, 0.05) is 18.8 Å². The molecule has 0 fully saturated rings. The van der Waals surface area contributed by atoms with Crippen LogP contribution in [0.5, 0.6) is 0 Å². The van der Waals surface area contributed by atoms with Gasteiger partial charge in [0.25, 0.3) is 0 Å². The van der Waals surface area contributed by atoms with E-state index in [1.54, 1.807) is 13.8 Å². The molecule has 0 radical (unpaired) electrons. The van der Waals surface area contributed by atoms with E-state index in [9.17, 15) is 9.59 Å². The normalized spacial score (nSPS) is 12.9. The zero-order valence-electron chi connectivity index (χ0n) is 19.6. The number of ether oxygens (including phenoxy) is 3. The van der Waals surface area contributed by atoms with E-state index in [2.05, 4.69) is 6.58 Å². The summed E-state index contributed by atoms with van der Waals surface area (Å²) in [6.07, 6.45) is 4.28. The van der Waals surface area contributed by atoms with Gasteiger partial charge in [-0.25, -0.2) is 9.59 Å². The Bertz CT molecular complexity index is 554. The smallest absolute Gasteiger partial charge is 0.336 e. The van der Waals surface area contributed by atoms with E-state index in [0.29, 0.717) is 50.4 Å². The van der Waals surface area contributed by atoms with Gasteiger partial charge in [0.1, 0.15) is 0 Å². The fourth-order valence-electron chi connectivity index (χ4n) is 2.68. The van der Waals surface area contributed by atoms with Crippen LogP contribution < -0.4 is 0 Å². The first-order chi connectivity index (χ1) is 14.2. The Morgan fingerprint density at radius 1 is 0.967 bits per heavy atom. The molecule has 0 aromatic rings. The molecule has 0 heterocycles. The summed E-state index contributed by atoms with van der Waals surface area (Å²) in [6.45, 7) is 16.7. The van der Waals surface area contributed by atoms with Crippen molar-refractivity contribution < 1.29 is 32.7 Å². The van der Waals surface area contributed by atoms with Crippen molar-refractivity contribution in [3.8, 4) is 0 Å². The summed E-state index contributed by atoms with van der Waals surface area (Å²) in [6, 6.07) is 0.773. The van der Waals surface area contributed by atoms with E-state index in [-0.39, 0.29) is 12.1 Å². The van der Waals surface area contributed by atoms with Crippen molar-refractivity contribution >= 4 is 20.5 Å². The maximum absolute atomic E-state index is 12.1. The van der Waals surface area contributed by atoms with Crippen LogP contribution in [-0.2, 0) is 32.7 Å².